The van der Waals surface area contributed by atoms with Crippen molar-refractivity contribution in [1.29, 1.82) is 0 Å². The van der Waals surface area contributed by atoms with Crippen LogP contribution in [0.15, 0.2) is 0 Å². The zero-order valence-electron chi connectivity index (χ0n) is 11.3. The van der Waals surface area contributed by atoms with Crippen molar-refractivity contribution in [3.63, 3.8) is 0 Å². The third-order valence-electron chi connectivity index (χ3n) is 2.81. The second-order valence-corrected chi connectivity index (χ2v) is 4.72. The van der Waals surface area contributed by atoms with E-state index >= 15 is 0 Å². The summed E-state index contributed by atoms with van der Waals surface area (Å²) in [7, 11) is 0. The molecule has 0 heterocycles. The van der Waals surface area contributed by atoms with Gasteiger partial charge >= 0.3 is 0 Å². The Morgan fingerprint density at radius 2 is 1.41 bits per heavy atom. The number of hydrogen-bond donors (Lipinski definition) is 3. The molecule has 0 aliphatic heterocycles. The Bertz CT molecular complexity index is 153. The lowest BCUT2D eigenvalue weighted by molar-refractivity contribution is 0.0588. The molecule has 4 heteroatoms. The molecule has 0 radical (unpaired) electrons. The maximum Gasteiger partial charge on any atom is 0.0667 e. The molecule has 0 bridgehead atoms. The molecule has 0 saturated carbocycles. The van der Waals surface area contributed by atoms with Gasteiger partial charge in [0, 0.05) is 26.2 Å². The van der Waals surface area contributed by atoms with Crippen LogP contribution in [-0.2, 0) is 0 Å². The van der Waals surface area contributed by atoms with Gasteiger partial charge in [0.05, 0.1) is 12.2 Å². The molecule has 0 aromatic carbocycles. The molecule has 3 N–H and O–H groups in total. The second kappa shape index (κ2) is 11.0. The Hall–Kier alpha value is -0.160. The first-order valence-corrected chi connectivity index (χ1v) is 6.83. The Labute approximate surface area is 105 Å². The van der Waals surface area contributed by atoms with Gasteiger partial charge in [0.1, 0.15) is 0 Å². The van der Waals surface area contributed by atoms with E-state index in [2.05, 4.69) is 4.90 Å². The van der Waals surface area contributed by atoms with Crippen LogP contribution in [0.3, 0.4) is 0 Å². The highest BCUT2D eigenvalue weighted by Gasteiger charge is 2.14. The zero-order valence-corrected chi connectivity index (χ0v) is 11.3. The average Bonchev–Trinajstić information content (AvgIpc) is 2.26. The van der Waals surface area contributed by atoms with Crippen molar-refractivity contribution in [2.75, 3.05) is 26.2 Å². The Kier molecular flexibility index (Phi) is 10.9. The minimum atomic E-state index is -0.326. The van der Waals surface area contributed by atoms with Gasteiger partial charge in [0.15, 0.2) is 0 Å². The minimum absolute atomic E-state index is 0.157. The van der Waals surface area contributed by atoms with Gasteiger partial charge in [-0.1, -0.05) is 26.7 Å². The molecular formula is C13H29NO3. The monoisotopic (exact) mass is 247 g/mol. The van der Waals surface area contributed by atoms with E-state index in [1.54, 1.807) is 0 Å². The Morgan fingerprint density at radius 3 is 1.76 bits per heavy atom. The maximum absolute atomic E-state index is 9.78. The predicted octanol–water partition coefficient (Wildman–Crippen LogP) is 0.993. The highest BCUT2D eigenvalue weighted by molar-refractivity contribution is 4.68. The number of nitrogens with zero attached hydrogens (tertiary/aromatic N) is 1. The van der Waals surface area contributed by atoms with E-state index in [0.29, 0.717) is 19.5 Å². The van der Waals surface area contributed by atoms with E-state index in [1.807, 2.05) is 13.8 Å². The van der Waals surface area contributed by atoms with Gasteiger partial charge in [-0.25, -0.2) is 0 Å². The topological polar surface area (TPSA) is 63.9 Å². The lowest BCUT2D eigenvalue weighted by Crippen LogP contribution is -2.38. The van der Waals surface area contributed by atoms with Crippen molar-refractivity contribution in [2.24, 2.45) is 0 Å². The van der Waals surface area contributed by atoms with Crippen molar-refractivity contribution in [3.05, 3.63) is 0 Å². The van der Waals surface area contributed by atoms with Crippen molar-refractivity contribution in [1.82, 2.24) is 4.90 Å². The third kappa shape index (κ3) is 9.53. The van der Waals surface area contributed by atoms with Gasteiger partial charge in [-0.15, -0.1) is 0 Å². The van der Waals surface area contributed by atoms with E-state index in [0.717, 1.165) is 32.2 Å². The van der Waals surface area contributed by atoms with Crippen LogP contribution in [-0.4, -0.2) is 58.7 Å². The van der Waals surface area contributed by atoms with Crippen LogP contribution in [0.5, 0.6) is 0 Å². The minimum Gasteiger partial charge on any atom is -0.396 e. The Balaban J connectivity index is 4.02. The molecule has 2 atom stereocenters. The molecule has 0 spiro atoms. The molecule has 0 rings (SSSR count). The van der Waals surface area contributed by atoms with E-state index in [9.17, 15) is 10.2 Å². The van der Waals surface area contributed by atoms with Crippen LogP contribution >= 0.6 is 0 Å². The quantitative estimate of drug-likeness (QED) is 0.509. The molecule has 17 heavy (non-hydrogen) atoms. The van der Waals surface area contributed by atoms with Crippen LogP contribution in [0.2, 0.25) is 0 Å². The van der Waals surface area contributed by atoms with Gasteiger partial charge in [0.25, 0.3) is 0 Å². The van der Waals surface area contributed by atoms with Crippen molar-refractivity contribution < 1.29 is 15.3 Å². The summed E-state index contributed by atoms with van der Waals surface area (Å²) in [5.74, 6) is 0. The average molecular weight is 247 g/mol. The standard InChI is InChI=1S/C13H29NO3/c1-3-6-12(16)10-14(8-5-9-15)11-13(17)7-4-2/h12-13,15-17H,3-11H2,1-2H3. The first kappa shape index (κ1) is 16.8. The summed E-state index contributed by atoms with van der Waals surface area (Å²) >= 11 is 0. The molecule has 2 unspecified atom stereocenters. The molecule has 0 fully saturated rings. The van der Waals surface area contributed by atoms with Crippen LogP contribution in [0.4, 0.5) is 0 Å². The fourth-order valence-corrected chi connectivity index (χ4v) is 2.00. The summed E-state index contributed by atoms with van der Waals surface area (Å²) in [4.78, 5) is 2.05. The van der Waals surface area contributed by atoms with Gasteiger partial charge in [-0.05, 0) is 19.3 Å². The van der Waals surface area contributed by atoms with Crippen molar-refractivity contribution in [2.45, 2.75) is 58.2 Å². The van der Waals surface area contributed by atoms with Crippen molar-refractivity contribution >= 4 is 0 Å². The summed E-state index contributed by atoms with van der Waals surface area (Å²) < 4.78 is 0. The lowest BCUT2D eigenvalue weighted by Gasteiger charge is -2.27. The van der Waals surface area contributed by atoms with Crippen molar-refractivity contribution in [3.8, 4) is 0 Å². The molecule has 0 aliphatic rings. The van der Waals surface area contributed by atoms with Gasteiger partial charge in [0.2, 0.25) is 0 Å². The van der Waals surface area contributed by atoms with Gasteiger partial charge < -0.3 is 15.3 Å². The molecule has 0 aliphatic carbocycles. The largest absolute Gasteiger partial charge is 0.396 e. The number of aliphatic hydroxyl groups is 3. The summed E-state index contributed by atoms with van der Waals surface area (Å²) in [6.45, 7) is 6.17. The first-order chi connectivity index (χ1) is 8.13. The van der Waals surface area contributed by atoms with Crippen LogP contribution in [0, 0.1) is 0 Å². The number of hydrogen-bond acceptors (Lipinski definition) is 4. The fourth-order valence-electron chi connectivity index (χ4n) is 2.00. The molecule has 0 amide bonds. The summed E-state index contributed by atoms with van der Waals surface area (Å²) in [6.07, 6.45) is 3.55. The Morgan fingerprint density at radius 1 is 0.941 bits per heavy atom. The van der Waals surface area contributed by atoms with E-state index in [-0.39, 0.29) is 18.8 Å². The van der Waals surface area contributed by atoms with Gasteiger partial charge in [-0.3, -0.25) is 4.90 Å². The summed E-state index contributed by atoms with van der Waals surface area (Å²) in [6, 6.07) is 0. The fraction of sp³-hybridized carbons (Fsp3) is 1.00. The van der Waals surface area contributed by atoms with Crippen LogP contribution < -0.4 is 0 Å². The number of rotatable bonds is 11. The third-order valence-corrected chi connectivity index (χ3v) is 2.81. The second-order valence-electron chi connectivity index (χ2n) is 4.72. The lowest BCUT2D eigenvalue weighted by atomic mass is 10.1. The molecule has 4 nitrogen and oxygen atoms in total. The smallest absolute Gasteiger partial charge is 0.0667 e. The highest BCUT2D eigenvalue weighted by Crippen LogP contribution is 2.05. The molecule has 0 aromatic rings. The molecule has 0 aromatic heterocycles. The highest BCUT2D eigenvalue weighted by atomic mass is 16.3. The van der Waals surface area contributed by atoms with E-state index in [1.165, 1.54) is 0 Å². The normalized spacial score (nSPS) is 15.2. The molecular weight excluding hydrogens is 218 g/mol. The van der Waals surface area contributed by atoms with Crippen LogP contribution in [0.25, 0.3) is 0 Å². The van der Waals surface area contributed by atoms with E-state index in [4.69, 9.17) is 5.11 Å². The predicted molar refractivity (Wildman–Crippen MR) is 70.0 cm³/mol. The maximum atomic E-state index is 9.78. The zero-order chi connectivity index (χ0) is 13.1. The van der Waals surface area contributed by atoms with Crippen LogP contribution in [0.1, 0.15) is 46.0 Å². The van der Waals surface area contributed by atoms with E-state index < -0.39 is 0 Å². The summed E-state index contributed by atoms with van der Waals surface area (Å²) in [5, 5.41) is 28.4. The first-order valence-electron chi connectivity index (χ1n) is 6.83. The summed E-state index contributed by atoms with van der Waals surface area (Å²) in [5.41, 5.74) is 0. The number of aliphatic hydroxyl groups excluding tert-OH is 3. The SMILES string of the molecule is CCCC(O)CN(CCCO)CC(O)CCC. The molecule has 0 saturated heterocycles. The molecule has 104 valence electrons. The van der Waals surface area contributed by atoms with Gasteiger partial charge in [-0.2, -0.15) is 0 Å².